The second-order valence-corrected chi connectivity index (χ2v) is 7.18. The Hall–Kier alpha value is -2.41. The number of nitrogens with one attached hydrogen (secondary N) is 1. The molecule has 0 spiro atoms. The van der Waals surface area contributed by atoms with Gasteiger partial charge >= 0.3 is 0 Å². The number of fused-ring (bicyclic) bond motifs is 1. The topological polar surface area (TPSA) is 72.3 Å². The summed E-state index contributed by atoms with van der Waals surface area (Å²) in [6, 6.07) is 2.11. The molecule has 7 nitrogen and oxygen atoms in total. The quantitative estimate of drug-likeness (QED) is 0.841. The number of methoxy groups -OCH3 is 1. The van der Waals surface area contributed by atoms with Gasteiger partial charge in [0.15, 0.2) is 0 Å². The van der Waals surface area contributed by atoms with Crippen LogP contribution in [0, 0.1) is 13.8 Å². The first-order valence-corrected chi connectivity index (χ1v) is 9.49. The molecule has 0 bridgehead atoms. The molecule has 0 saturated heterocycles. The molecular formula is C20H29N5O2. The van der Waals surface area contributed by atoms with E-state index < -0.39 is 0 Å². The predicted molar refractivity (Wildman–Crippen MR) is 104 cm³/mol. The Labute approximate surface area is 160 Å². The molecule has 1 aliphatic rings. The minimum absolute atomic E-state index is 0.0945. The molecule has 0 atom stereocenters. The molecule has 1 N–H and O–H groups in total. The molecule has 2 aromatic heterocycles. The van der Waals surface area contributed by atoms with Gasteiger partial charge in [-0.15, -0.1) is 0 Å². The molecule has 3 heterocycles. The van der Waals surface area contributed by atoms with Crippen molar-refractivity contribution in [2.24, 2.45) is 0 Å². The first-order chi connectivity index (χ1) is 13.0. The van der Waals surface area contributed by atoms with Crippen LogP contribution in [0.1, 0.15) is 41.1 Å². The number of pyridine rings is 1. The SMILES string of the molecule is COc1c(C)cnc(CN(C)C(=O)CCc2cc3n(n2)CCCNC3)c1C. The van der Waals surface area contributed by atoms with Crippen LogP contribution in [0.25, 0.3) is 0 Å². The molecule has 7 heteroatoms. The lowest BCUT2D eigenvalue weighted by molar-refractivity contribution is -0.130. The van der Waals surface area contributed by atoms with Gasteiger partial charge in [-0.2, -0.15) is 5.10 Å². The van der Waals surface area contributed by atoms with E-state index >= 15 is 0 Å². The molecule has 0 aromatic carbocycles. The van der Waals surface area contributed by atoms with Crippen molar-refractivity contribution in [3.63, 3.8) is 0 Å². The summed E-state index contributed by atoms with van der Waals surface area (Å²) in [5, 5.41) is 8.04. The fourth-order valence-corrected chi connectivity index (χ4v) is 3.51. The molecule has 3 rings (SSSR count). The summed E-state index contributed by atoms with van der Waals surface area (Å²) in [6.45, 7) is 7.25. The van der Waals surface area contributed by atoms with Crippen molar-refractivity contribution in [3.05, 3.63) is 40.5 Å². The molecule has 0 fully saturated rings. The van der Waals surface area contributed by atoms with Gasteiger partial charge in [0, 0.05) is 50.3 Å². The van der Waals surface area contributed by atoms with Crippen molar-refractivity contribution in [1.82, 2.24) is 25.0 Å². The van der Waals surface area contributed by atoms with Gasteiger partial charge in [0.25, 0.3) is 0 Å². The van der Waals surface area contributed by atoms with Crippen molar-refractivity contribution in [3.8, 4) is 5.75 Å². The van der Waals surface area contributed by atoms with Crippen LogP contribution in [-0.2, 0) is 30.8 Å². The van der Waals surface area contributed by atoms with Crippen molar-refractivity contribution >= 4 is 5.91 Å². The fraction of sp³-hybridized carbons (Fsp3) is 0.550. The Balaban J connectivity index is 1.58. The monoisotopic (exact) mass is 371 g/mol. The molecule has 1 amide bonds. The van der Waals surface area contributed by atoms with Crippen LogP contribution >= 0.6 is 0 Å². The van der Waals surface area contributed by atoms with Gasteiger partial charge in [-0.05, 0) is 32.9 Å². The highest BCUT2D eigenvalue weighted by atomic mass is 16.5. The Morgan fingerprint density at radius 2 is 2.22 bits per heavy atom. The number of amides is 1. The zero-order valence-electron chi connectivity index (χ0n) is 16.7. The largest absolute Gasteiger partial charge is 0.496 e. The van der Waals surface area contributed by atoms with Crippen LogP contribution in [0.15, 0.2) is 12.3 Å². The Morgan fingerprint density at radius 1 is 1.41 bits per heavy atom. The average molecular weight is 371 g/mol. The first kappa shape index (κ1) is 19.4. The molecule has 0 saturated carbocycles. The number of ether oxygens (including phenoxy) is 1. The van der Waals surface area contributed by atoms with Crippen molar-refractivity contribution in [1.29, 1.82) is 0 Å². The number of aromatic nitrogens is 3. The Kier molecular flexibility index (Phi) is 6.11. The van der Waals surface area contributed by atoms with Crippen molar-refractivity contribution < 1.29 is 9.53 Å². The van der Waals surface area contributed by atoms with Gasteiger partial charge in [0.05, 0.1) is 30.7 Å². The van der Waals surface area contributed by atoms with Crippen LogP contribution in [-0.4, -0.2) is 46.3 Å². The van der Waals surface area contributed by atoms with Crippen LogP contribution in [0.2, 0.25) is 0 Å². The smallest absolute Gasteiger partial charge is 0.223 e. The number of hydrogen-bond donors (Lipinski definition) is 1. The maximum atomic E-state index is 12.6. The Bertz CT molecular complexity index is 791. The molecule has 2 aromatic rings. The number of carbonyl (C=O) groups is 1. The molecule has 146 valence electrons. The first-order valence-electron chi connectivity index (χ1n) is 9.49. The standard InChI is InChI=1S/C20H29N5O2/c1-14-11-22-18(15(2)20(14)27-4)13-24(3)19(26)7-6-16-10-17-12-21-8-5-9-25(17)23-16/h10-11,21H,5-9,12-13H2,1-4H3. The third kappa shape index (κ3) is 4.47. The van der Waals surface area contributed by atoms with E-state index in [1.807, 2.05) is 20.9 Å². The number of hydrogen-bond acceptors (Lipinski definition) is 5. The van der Waals surface area contributed by atoms with E-state index in [0.29, 0.717) is 19.4 Å². The summed E-state index contributed by atoms with van der Waals surface area (Å²) < 4.78 is 7.52. The third-order valence-corrected chi connectivity index (χ3v) is 5.10. The van der Waals surface area contributed by atoms with E-state index in [1.165, 1.54) is 5.69 Å². The van der Waals surface area contributed by atoms with Gasteiger partial charge in [0.2, 0.25) is 5.91 Å². The van der Waals surface area contributed by atoms with E-state index in [1.54, 1.807) is 18.2 Å². The van der Waals surface area contributed by atoms with Crippen LogP contribution in [0.3, 0.4) is 0 Å². The van der Waals surface area contributed by atoms with Gasteiger partial charge in [-0.25, -0.2) is 0 Å². The summed E-state index contributed by atoms with van der Waals surface area (Å²) in [6.07, 6.45) is 3.99. The average Bonchev–Trinajstić information content (AvgIpc) is 2.91. The van der Waals surface area contributed by atoms with Gasteiger partial charge < -0.3 is 15.0 Å². The number of carbonyl (C=O) groups excluding carboxylic acids is 1. The van der Waals surface area contributed by atoms with E-state index in [4.69, 9.17) is 4.74 Å². The van der Waals surface area contributed by atoms with E-state index in [0.717, 1.165) is 54.3 Å². The maximum absolute atomic E-state index is 12.6. The van der Waals surface area contributed by atoms with E-state index in [9.17, 15) is 4.79 Å². The summed E-state index contributed by atoms with van der Waals surface area (Å²) >= 11 is 0. The molecule has 0 unspecified atom stereocenters. The number of nitrogens with zero attached hydrogens (tertiary/aromatic N) is 4. The lowest BCUT2D eigenvalue weighted by Crippen LogP contribution is -2.27. The fourth-order valence-electron chi connectivity index (χ4n) is 3.51. The third-order valence-electron chi connectivity index (χ3n) is 5.10. The second-order valence-electron chi connectivity index (χ2n) is 7.18. The molecule has 27 heavy (non-hydrogen) atoms. The van der Waals surface area contributed by atoms with Crippen molar-refractivity contribution in [2.75, 3.05) is 20.7 Å². The summed E-state index contributed by atoms with van der Waals surface area (Å²) in [4.78, 5) is 18.8. The van der Waals surface area contributed by atoms with Gasteiger partial charge in [-0.1, -0.05) is 0 Å². The Morgan fingerprint density at radius 3 is 3.00 bits per heavy atom. The minimum atomic E-state index is 0.0945. The number of rotatable bonds is 6. The highest BCUT2D eigenvalue weighted by molar-refractivity contribution is 5.76. The lowest BCUT2D eigenvalue weighted by Gasteiger charge is -2.19. The van der Waals surface area contributed by atoms with Gasteiger partial charge in [0.1, 0.15) is 5.75 Å². The van der Waals surface area contributed by atoms with E-state index in [-0.39, 0.29) is 5.91 Å². The zero-order chi connectivity index (χ0) is 19.4. The van der Waals surface area contributed by atoms with Crippen LogP contribution in [0.4, 0.5) is 0 Å². The lowest BCUT2D eigenvalue weighted by atomic mass is 10.1. The van der Waals surface area contributed by atoms with Gasteiger partial charge in [-0.3, -0.25) is 14.5 Å². The number of aryl methyl sites for hydroxylation is 3. The summed E-state index contributed by atoms with van der Waals surface area (Å²) in [5.41, 5.74) is 5.05. The normalized spacial score (nSPS) is 13.8. The van der Waals surface area contributed by atoms with Crippen molar-refractivity contribution in [2.45, 2.75) is 52.7 Å². The minimum Gasteiger partial charge on any atom is -0.496 e. The van der Waals surface area contributed by atoms with Crippen LogP contribution in [0.5, 0.6) is 5.75 Å². The molecule has 0 radical (unpaired) electrons. The highest BCUT2D eigenvalue weighted by Crippen LogP contribution is 2.24. The van der Waals surface area contributed by atoms with E-state index in [2.05, 4.69) is 26.1 Å². The highest BCUT2D eigenvalue weighted by Gasteiger charge is 2.16. The van der Waals surface area contributed by atoms with Crippen LogP contribution < -0.4 is 10.1 Å². The second kappa shape index (κ2) is 8.52. The predicted octanol–water partition coefficient (Wildman–Crippen LogP) is 1.99. The summed E-state index contributed by atoms with van der Waals surface area (Å²) in [5.74, 6) is 0.936. The molecule has 1 aliphatic heterocycles. The summed E-state index contributed by atoms with van der Waals surface area (Å²) in [7, 11) is 3.48. The maximum Gasteiger partial charge on any atom is 0.223 e. The zero-order valence-corrected chi connectivity index (χ0v) is 16.7. The molecule has 0 aliphatic carbocycles. The molecular weight excluding hydrogens is 342 g/mol.